The van der Waals surface area contributed by atoms with E-state index in [9.17, 15) is 18.3 Å². The monoisotopic (exact) mass is 310 g/mol. The molecule has 0 saturated carbocycles. The molecule has 0 spiro atoms. The number of hydrogen-bond donors (Lipinski definition) is 1. The minimum Gasteiger partial charge on any atom is -0.503 e. The van der Waals surface area contributed by atoms with Crippen molar-refractivity contribution in [3.63, 3.8) is 0 Å². The van der Waals surface area contributed by atoms with Crippen LogP contribution in [0, 0.1) is 11.3 Å². The normalized spacial score (nSPS) is 11.0. The van der Waals surface area contributed by atoms with E-state index < -0.39 is 17.9 Å². The first-order chi connectivity index (χ1) is 7.87. The molecule has 0 aliphatic rings. The van der Waals surface area contributed by atoms with E-state index in [4.69, 9.17) is 5.26 Å². The van der Waals surface area contributed by atoms with Crippen LogP contribution in [0.25, 0.3) is 0 Å². The zero-order valence-corrected chi connectivity index (χ0v) is 9.84. The number of halogens is 4. The zero-order valence-electron chi connectivity index (χ0n) is 8.25. The van der Waals surface area contributed by atoms with Gasteiger partial charge in [0.1, 0.15) is 0 Å². The molecule has 1 rings (SSSR count). The molecule has 0 aromatic carbocycles. The van der Waals surface area contributed by atoms with Gasteiger partial charge in [-0.1, -0.05) is 15.9 Å². The van der Waals surface area contributed by atoms with Crippen molar-refractivity contribution in [2.75, 3.05) is 0 Å². The number of rotatable bonds is 3. The lowest BCUT2D eigenvalue weighted by atomic mass is 10.2. The van der Waals surface area contributed by atoms with Gasteiger partial charge in [0.05, 0.1) is 23.9 Å². The molecule has 1 heterocycles. The molecule has 17 heavy (non-hydrogen) atoms. The molecular weight excluding hydrogens is 305 g/mol. The van der Waals surface area contributed by atoms with Gasteiger partial charge in [-0.3, -0.25) is 4.98 Å². The van der Waals surface area contributed by atoms with Gasteiger partial charge in [0.25, 0.3) is 0 Å². The molecule has 92 valence electrons. The number of ether oxygens (including phenoxy) is 1. The Bertz CT molecular complexity index is 457. The maximum absolute atomic E-state index is 12.0. The predicted molar refractivity (Wildman–Crippen MR) is 54.5 cm³/mol. The summed E-state index contributed by atoms with van der Waals surface area (Å²) in [6.07, 6.45) is -5.08. The minimum absolute atomic E-state index is 0.0167. The molecule has 0 amide bonds. The van der Waals surface area contributed by atoms with Gasteiger partial charge in [0.2, 0.25) is 0 Å². The molecule has 1 aromatic rings. The van der Waals surface area contributed by atoms with E-state index in [1.54, 1.807) is 6.07 Å². The summed E-state index contributed by atoms with van der Waals surface area (Å²) in [6.45, 7) is 0. The van der Waals surface area contributed by atoms with E-state index in [1.807, 2.05) is 0 Å². The van der Waals surface area contributed by atoms with Crippen LogP contribution in [0.15, 0.2) is 6.07 Å². The highest BCUT2D eigenvalue weighted by atomic mass is 79.9. The van der Waals surface area contributed by atoms with Crippen molar-refractivity contribution in [2.24, 2.45) is 0 Å². The Morgan fingerprint density at radius 2 is 2.18 bits per heavy atom. The van der Waals surface area contributed by atoms with E-state index in [2.05, 4.69) is 25.7 Å². The maximum Gasteiger partial charge on any atom is 0.573 e. The Morgan fingerprint density at radius 3 is 2.65 bits per heavy atom. The Balaban J connectivity index is 3.19. The summed E-state index contributed by atoms with van der Waals surface area (Å²) in [6, 6.07) is 2.64. The van der Waals surface area contributed by atoms with Gasteiger partial charge in [-0.25, -0.2) is 0 Å². The molecule has 0 aliphatic heterocycles. The van der Waals surface area contributed by atoms with Gasteiger partial charge in [-0.05, 0) is 0 Å². The molecule has 0 bridgehead atoms. The first-order valence-corrected chi connectivity index (χ1v) is 5.40. The van der Waals surface area contributed by atoms with Gasteiger partial charge in [0, 0.05) is 11.4 Å². The number of nitriles is 1. The summed E-state index contributed by atoms with van der Waals surface area (Å²) < 4.78 is 39.8. The Labute approximate surface area is 103 Å². The van der Waals surface area contributed by atoms with Crippen molar-refractivity contribution in [3.8, 4) is 17.6 Å². The average molecular weight is 311 g/mol. The summed E-state index contributed by atoms with van der Waals surface area (Å²) in [5, 5.41) is 17.9. The van der Waals surface area contributed by atoms with Crippen LogP contribution in [-0.4, -0.2) is 16.5 Å². The number of aromatic nitrogens is 1. The molecule has 1 aromatic heterocycles. The first kappa shape index (κ1) is 13.6. The highest BCUT2D eigenvalue weighted by Gasteiger charge is 2.33. The fourth-order valence-electron chi connectivity index (χ4n) is 1.09. The topological polar surface area (TPSA) is 66.1 Å². The summed E-state index contributed by atoms with van der Waals surface area (Å²) >= 11 is 2.97. The van der Waals surface area contributed by atoms with Gasteiger partial charge in [0.15, 0.2) is 11.5 Å². The van der Waals surface area contributed by atoms with E-state index in [-0.39, 0.29) is 23.1 Å². The molecule has 4 nitrogen and oxygen atoms in total. The molecular formula is C9H6BrF3N2O2. The fourth-order valence-corrected chi connectivity index (χ4v) is 1.48. The number of aromatic hydroxyl groups is 1. The van der Waals surface area contributed by atoms with Gasteiger partial charge in [-0.2, -0.15) is 5.26 Å². The predicted octanol–water partition coefficient (Wildman–Crippen LogP) is 2.65. The van der Waals surface area contributed by atoms with Crippen LogP contribution < -0.4 is 4.74 Å². The number of nitrogens with zero attached hydrogens (tertiary/aromatic N) is 2. The third-order valence-corrected chi connectivity index (χ3v) is 2.23. The van der Waals surface area contributed by atoms with Crippen LogP contribution in [0.1, 0.15) is 11.4 Å². The maximum atomic E-state index is 12.0. The van der Waals surface area contributed by atoms with Crippen molar-refractivity contribution in [2.45, 2.75) is 18.1 Å². The molecule has 0 saturated heterocycles. The van der Waals surface area contributed by atoms with Crippen molar-refractivity contribution in [1.82, 2.24) is 4.98 Å². The smallest absolute Gasteiger partial charge is 0.503 e. The highest BCUT2D eigenvalue weighted by Crippen LogP contribution is 2.34. The zero-order chi connectivity index (χ0) is 13.1. The van der Waals surface area contributed by atoms with E-state index in [0.29, 0.717) is 0 Å². The second kappa shape index (κ2) is 5.23. The van der Waals surface area contributed by atoms with Gasteiger partial charge < -0.3 is 9.84 Å². The summed E-state index contributed by atoms with van der Waals surface area (Å²) in [5.41, 5.74) is 0.0796. The standard InChI is InChI=1S/C9H6BrF3N2O2/c10-4-6-8(16)7(17-9(11,12)13)3-5(15-6)1-2-14/h3,16H,1,4H2. The van der Waals surface area contributed by atoms with E-state index in [0.717, 1.165) is 6.07 Å². The Hall–Kier alpha value is -1.49. The second-order valence-corrected chi connectivity index (χ2v) is 3.48. The van der Waals surface area contributed by atoms with Crippen LogP contribution in [-0.2, 0) is 11.8 Å². The van der Waals surface area contributed by atoms with Gasteiger partial charge in [-0.15, -0.1) is 13.2 Å². The van der Waals surface area contributed by atoms with Crippen molar-refractivity contribution >= 4 is 15.9 Å². The van der Waals surface area contributed by atoms with Crippen LogP contribution in [0.3, 0.4) is 0 Å². The van der Waals surface area contributed by atoms with Crippen LogP contribution >= 0.6 is 15.9 Å². The van der Waals surface area contributed by atoms with Crippen molar-refractivity contribution in [1.29, 1.82) is 5.26 Å². The van der Waals surface area contributed by atoms with E-state index in [1.165, 1.54) is 0 Å². The summed E-state index contributed by atoms with van der Waals surface area (Å²) in [5.74, 6) is -1.45. The molecule has 0 fully saturated rings. The summed E-state index contributed by atoms with van der Waals surface area (Å²) in [4.78, 5) is 3.80. The number of pyridine rings is 1. The van der Waals surface area contributed by atoms with Crippen LogP contribution in [0.4, 0.5) is 13.2 Å². The fraction of sp³-hybridized carbons (Fsp3) is 0.333. The molecule has 0 atom stereocenters. The minimum atomic E-state index is -4.91. The average Bonchev–Trinajstić information content (AvgIpc) is 2.21. The molecule has 8 heteroatoms. The second-order valence-electron chi connectivity index (χ2n) is 2.92. The van der Waals surface area contributed by atoms with Gasteiger partial charge >= 0.3 is 6.36 Å². The summed E-state index contributed by atoms with van der Waals surface area (Å²) in [7, 11) is 0. The van der Waals surface area contributed by atoms with Crippen LogP contribution in [0.2, 0.25) is 0 Å². The molecule has 1 N–H and O–H groups in total. The van der Waals surface area contributed by atoms with Crippen molar-refractivity contribution < 1.29 is 23.0 Å². The third kappa shape index (κ3) is 3.78. The van der Waals surface area contributed by atoms with E-state index >= 15 is 0 Å². The first-order valence-electron chi connectivity index (χ1n) is 4.27. The lowest BCUT2D eigenvalue weighted by Crippen LogP contribution is -2.17. The molecule has 0 radical (unpaired) electrons. The number of hydrogen-bond acceptors (Lipinski definition) is 4. The SMILES string of the molecule is N#CCc1cc(OC(F)(F)F)c(O)c(CBr)n1. The third-order valence-electron chi connectivity index (χ3n) is 1.70. The number of alkyl halides is 4. The molecule has 0 aliphatic carbocycles. The van der Waals surface area contributed by atoms with Crippen molar-refractivity contribution in [3.05, 3.63) is 17.5 Å². The Morgan fingerprint density at radius 1 is 1.53 bits per heavy atom. The largest absolute Gasteiger partial charge is 0.573 e. The lowest BCUT2D eigenvalue weighted by Gasteiger charge is -2.12. The highest BCUT2D eigenvalue weighted by molar-refractivity contribution is 9.08. The molecule has 0 unspecified atom stereocenters. The van der Waals surface area contributed by atoms with Crippen LogP contribution in [0.5, 0.6) is 11.5 Å². The Kier molecular flexibility index (Phi) is 4.17. The quantitative estimate of drug-likeness (QED) is 0.872. The lowest BCUT2D eigenvalue weighted by molar-refractivity contribution is -0.275.